The van der Waals surface area contributed by atoms with Gasteiger partial charge in [0.15, 0.2) is 5.11 Å². The van der Waals surface area contributed by atoms with Gasteiger partial charge >= 0.3 is 6.09 Å². The van der Waals surface area contributed by atoms with Crippen LogP contribution in [0.3, 0.4) is 0 Å². The topological polar surface area (TPSA) is 65.0 Å². The molecule has 0 radical (unpaired) electrons. The molecule has 0 saturated carbocycles. The number of thiocarbonyl (C=S) groups is 1. The first-order valence-electron chi connectivity index (χ1n) is 9.79. The van der Waals surface area contributed by atoms with Crippen molar-refractivity contribution in [2.24, 2.45) is 0 Å². The number of amides is 1. The van der Waals surface area contributed by atoms with Crippen LogP contribution in [-0.2, 0) is 4.74 Å². The maximum Gasteiger partial charge on any atom is 0.434 e. The van der Waals surface area contributed by atoms with Crippen LogP contribution >= 0.6 is 35.4 Å². The number of fused-ring (bicyclic) bond motifs is 1. The second-order valence-corrected chi connectivity index (χ2v) is 9.62. The van der Waals surface area contributed by atoms with Gasteiger partial charge in [-0.2, -0.15) is 5.01 Å². The van der Waals surface area contributed by atoms with Gasteiger partial charge in [-0.1, -0.05) is 23.2 Å². The summed E-state index contributed by atoms with van der Waals surface area (Å²) in [5, 5.41) is 17.8. The molecular weight excluding hydrogens is 457 g/mol. The highest BCUT2D eigenvalue weighted by atomic mass is 35.5. The van der Waals surface area contributed by atoms with Crippen LogP contribution in [0.5, 0.6) is 0 Å². The number of aliphatic hydroxyl groups is 1. The van der Waals surface area contributed by atoms with Gasteiger partial charge in [0.25, 0.3) is 0 Å². The molecule has 0 saturated heterocycles. The summed E-state index contributed by atoms with van der Waals surface area (Å²) in [6, 6.07) is 10.2. The third-order valence-corrected chi connectivity index (χ3v) is 5.41. The highest BCUT2D eigenvalue weighted by Crippen LogP contribution is 2.38. The van der Waals surface area contributed by atoms with Crippen molar-refractivity contribution in [1.82, 2.24) is 5.32 Å². The molecule has 166 valence electrons. The predicted molar refractivity (Wildman–Crippen MR) is 129 cm³/mol. The van der Waals surface area contributed by atoms with Crippen LogP contribution < -0.4 is 15.3 Å². The summed E-state index contributed by atoms with van der Waals surface area (Å²) in [6.07, 6.45) is -1.55. The van der Waals surface area contributed by atoms with Crippen molar-refractivity contribution in [2.75, 3.05) is 10.0 Å². The zero-order valence-electron chi connectivity index (χ0n) is 17.9. The first kappa shape index (κ1) is 23.6. The van der Waals surface area contributed by atoms with Crippen molar-refractivity contribution in [1.29, 1.82) is 0 Å². The number of anilines is 2. The molecule has 1 aliphatic heterocycles. The minimum absolute atomic E-state index is 0.112. The Morgan fingerprint density at radius 1 is 1.23 bits per heavy atom. The van der Waals surface area contributed by atoms with Crippen molar-refractivity contribution >= 4 is 58.0 Å². The molecule has 2 atom stereocenters. The molecule has 0 spiro atoms. The molecule has 3 rings (SSSR count). The number of ether oxygens (including phenoxy) is 1. The maximum absolute atomic E-state index is 13.5. The Bertz CT molecular complexity index is 1020. The van der Waals surface area contributed by atoms with E-state index in [1.807, 2.05) is 13.0 Å². The average molecular weight is 482 g/mol. The number of carbonyl (C=O) groups is 1. The van der Waals surface area contributed by atoms with Crippen LogP contribution in [0.2, 0.25) is 10.0 Å². The SMILES string of the molecule is CC(O)c1cc(Cl)ccc1N(C(=O)OC(C)(C)C)N1C(=S)NC(C)c2cc(Cl)ccc21. The van der Waals surface area contributed by atoms with Gasteiger partial charge in [0, 0.05) is 21.2 Å². The van der Waals surface area contributed by atoms with Gasteiger partial charge < -0.3 is 15.2 Å². The highest BCUT2D eigenvalue weighted by molar-refractivity contribution is 7.80. The van der Waals surface area contributed by atoms with Crippen LogP contribution in [0.4, 0.5) is 16.2 Å². The van der Waals surface area contributed by atoms with Crippen molar-refractivity contribution in [3.8, 4) is 0 Å². The Labute approximate surface area is 197 Å². The van der Waals surface area contributed by atoms with E-state index < -0.39 is 17.8 Å². The standard InChI is InChI=1S/C22H25Cl2N3O3S/c1-12-16-10-14(23)6-8-18(16)26(20(31)25-12)27(21(29)30-22(3,4)5)19-9-7-15(24)11-17(19)13(2)28/h6-13,28H,1-5H3,(H,25,31). The molecule has 0 aromatic heterocycles. The number of nitrogens with zero attached hydrogens (tertiary/aromatic N) is 2. The smallest absolute Gasteiger partial charge is 0.434 e. The van der Waals surface area contributed by atoms with E-state index in [1.54, 1.807) is 63.0 Å². The largest absolute Gasteiger partial charge is 0.442 e. The van der Waals surface area contributed by atoms with E-state index >= 15 is 0 Å². The van der Waals surface area contributed by atoms with E-state index in [-0.39, 0.29) is 6.04 Å². The minimum Gasteiger partial charge on any atom is -0.442 e. The predicted octanol–water partition coefficient (Wildman–Crippen LogP) is 6.16. The summed E-state index contributed by atoms with van der Waals surface area (Å²) >= 11 is 18.0. The molecule has 31 heavy (non-hydrogen) atoms. The Morgan fingerprint density at radius 2 is 1.84 bits per heavy atom. The van der Waals surface area contributed by atoms with E-state index in [0.717, 1.165) is 5.56 Å². The molecule has 2 aromatic carbocycles. The quantitative estimate of drug-likeness (QED) is 0.511. The van der Waals surface area contributed by atoms with Crippen LogP contribution in [0.1, 0.15) is 57.9 Å². The van der Waals surface area contributed by atoms with E-state index in [2.05, 4.69) is 5.32 Å². The van der Waals surface area contributed by atoms with Gasteiger partial charge in [0.2, 0.25) is 0 Å². The minimum atomic E-state index is -0.895. The maximum atomic E-state index is 13.5. The van der Waals surface area contributed by atoms with E-state index in [4.69, 9.17) is 40.2 Å². The fourth-order valence-electron chi connectivity index (χ4n) is 3.34. The molecule has 0 bridgehead atoms. The third-order valence-electron chi connectivity index (χ3n) is 4.65. The lowest BCUT2D eigenvalue weighted by molar-refractivity contribution is 0.0580. The number of rotatable bonds is 3. The lowest BCUT2D eigenvalue weighted by Gasteiger charge is -2.43. The number of nitrogens with one attached hydrogen (secondary N) is 1. The Morgan fingerprint density at radius 3 is 2.45 bits per heavy atom. The van der Waals surface area contributed by atoms with Gasteiger partial charge in [0.05, 0.1) is 23.5 Å². The van der Waals surface area contributed by atoms with Crippen molar-refractivity contribution in [3.05, 3.63) is 57.6 Å². The molecule has 0 fully saturated rings. The van der Waals surface area contributed by atoms with E-state index in [9.17, 15) is 9.90 Å². The van der Waals surface area contributed by atoms with Crippen molar-refractivity contribution in [2.45, 2.75) is 52.4 Å². The second kappa shape index (κ2) is 8.82. The summed E-state index contributed by atoms with van der Waals surface area (Å²) in [7, 11) is 0. The van der Waals surface area contributed by atoms with Gasteiger partial charge in [-0.05, 0) is 83.2 Å². The van der Waals surface area contributed by atoms with Gasteiger partial charge in [-0.3, -0.25) is 0 Å². The number of aliphatic hydroxyl groups excluding tert-OH is 1. The summed E-state index contributed by atoms with van der Waals surface area (Å²) < 4.78 is 5.70. The van der Waals surface area contributed by atoms with Crippen LogP contribution in [0.15, 0.2) is 36.4 Å². The number of hydrogen-bond donors (Lipinski definition) is 2. The number of carbonyl (C=O) groups excluding carboxylic acids is 1. The lowest BCUT2D eigenvalue weighted by atomic mass is 10.0. The fourth-order valence-corrected chi connectivity index (χ4v) is 4.06. The molecule has 6 nitrogen and oxygen atoms in total. The van der Waals surface area contributed by atoms with Crippen LogP contribution in [0.25, 0.3) is 0 Å². The number of benzene rings is 2. The monoisotopic (exact) mass is 481 g/mol. The molecular formula is C22H25Cl2N3O3S. The fraction of sp³-hybridized carbons (Fsp3) is 0.364. The van der Waals surface area contributed by atoms with E-state index in [0.29, 0.717) is 32.1 Å². The average Bonchev–Trinajstić information content (AvgIpc) is 2.64. The molecule has 9 heteroatoms. The second-order valence-electron chi connectivity index (χ2n) is 8.36. The van der Waals surface area contributed by atoms with Gasteiger partial charge in [-0.25, -0.2) is 9.80 Å². The molecule has 2 N–H and O–H groups in total. The zero-order valence-corrected chi connectivity index (χ0v) is 20.3. The van der Waals surface area contributed by atoms with Crippen molar-refractivity contribution < 1.29 is 14.6 Å². The summed E-state index contributed by atoms with van der Waals surface area (Å²) in [5.74, 6) is 0. The lowest BCUT2D eigenvalue weighted by Crippen LogP contribution is -2.58. The van der Waals surface area contributed by atoms with Crippen LogP contribution in [0, 0.1) is 0 Å². The molecule has 2 aromatic rings. The summed E-state index contributed by atoms with van der Waals surface area (Å²) in [5.41, 5.74) is 1.64. The molecule has 1 amide bonds. The number of hydrazine groups is 1. The Hall–Kier alpha value is -2.06. The molecule has 1 heterocycles. The van der Waals surface area contributed by atoms with Crippen molar-refractivity contribution in [3.63, 3.8) is 0 Å². The normalized spacial score (nSPS) is 17.0. The highest BCUT2D eigenvalue weighted by Gasteiger charge is 2.37. The zero-order chi connectivity index (χ0) is 23.1. The summed E-state index contributed by atoms with van der Waals surface area (Å²) in [6.45, 7) is 8.90. The molecule has 1 aliphatic rings. The molecule has 0 aliphatic carbocycles. The van der Waals surface area contributed by atoms with Gasteiger partial charge in [-0.15, -0.1) is 0 Å². The van der Waals surface area contributed by atoms with E-state index in [1.165, 1.54) is 5.01 Å². The first-order chi connectivity index (χ1) is 14.4. The first-order valence-corrected chi connectivity index (χ1v) is 11.0. The molecule has 2 unspecified atom stereocenters. The Kier molecular flexibility index (Phi) is 6.72. The number of halogens is 2. The van der Waals surface area contributed by atoms with Gasteiger partial charge in [0.1, 0.15) is 5.60 Å². The number of hydrogen-bond acceptors (Lipinski definition) is 4. The summed E-state index contributed by atoms with van der Waals surface area (Å²) in [4.78, 5) is 13.5. The van der Waals surface area contributed by atoms with Crippen LogP contribution in [-0.4, -0.2) is 21.9 Å². The Balaban J connectivity index is 2.25. The third kappa shape index (κ3) is 5.06.